The summed E-state index contributed by atoms with van der Waals surface area (Å²) in [7, 11) is 0. The lowest BCUT2D eigenvalue weighted by molar-refractivity contribution is 0.627. The van der Waals surface area contributed by atoms with E-state index in [0.29, 0.717) is 6.54 Å². The zero-order chi connectivity index (χ0) is 13.9. The fourth-order valence-electron chi connectivity index (χ4n) is 2.16. The maximum atomic E-state index is 12.9. The van der Waals surface area contributed by atoms with Crippen LogP contribution in [0, 0.1) is 5.82 Å². The van der Waals surface area contributed by atoms with E-state index in [9.17, 15) is 4.39 Å². The van der Waals surface area contributed by atoms with Gasteiger partial charge in [0, 0.05) is 29.2 Å². The minimum absolute atomic E-state index is 0.232. The first-order chi connectivity index (χ1) is 9.74. The van der Waals surface area contributed by atoms with Crippen LogP contribution in [0.5, 0.6) is 0 Å². The largest absolute Gasteiger partial charge is 0.398 e. The van der Waals surface area contributed by atoms with Crippen molar-refractivity contribution in [1.82, 2.24) is 4.98 Å². The molecule has 0 unspecified atom stereocenters. The van der Waals surface area contributed by atoms with Crippen LogP contribution in [0.2, 0.25) is 0 Å². The Morgan fingerprint density at radius 2 is 1.80 bits per heavy atom. The van der Waals surface area contributed by atoms with Crippen LogP contribution in [0.3, 0.4) is 0 Å². The van der Waals surface area contributed by atoms with Gasteiger partial charge in [-0.3, -0.25) is 0 Å². The highest BCUT2D eigenvalue weighted by molar-refractivity contribution is 5.99. The molecule has 0 radical (unpaired) electrons. The van der Waals surface area contributed by atoms with Gasteiger partial charge in [0.05, 0.1) is 0 Å². The number of nitrogens with zero attached hydrogens (tertiary/aromatic N) is 1. The number of nitrogens with two attached hydrogens (primary N) is 1. The van der Waals surface area contributed by atoms with E-state index >= 15 is 0 Å². The molecule has 3 rings (SSSR count). The molecule has 0 atom stereocenters. The summed E-state index contributed by atoms with van der Waals surface area (Å²) in [5.74, 6) is 0.545. The van der Waals surface area contributed by atoms with Crippen molar-refractivity contribution in [2.24, 2.45) is 0 Å². The van der Waals surface area contributed by atoms with Gasteiger partial charge in [-0.15, -0.1) is 0 Å². The Morgan fingerprint density at radius 3 is 2.60 bits per heavy atom. The quantitative estimate of drug-likeness (QED) is 0.713. The number of rotatable bonds is 3. The molecule has 20 heavy (non-hydrogen) atoms. The topological polar surface area (TPSA) is 50.9 Å². The Bertz CT molecular complexity index is 738. The fraction of sp³-hybridized carbons (Fsp3) is 0.0625. The van der Waals surface area contributed by atoms with Crippen molar-refractivity contribution in [2.45, 2.75) is 6.54 Å². The Balaban J connectivity index is 1.88. The lowest BCUT2D eigenvalue weighted by Gasteiger charge is -2.10. The lowest BCUT2D eigenvalue weighted by Crippen LogP contribution is -2.02. The third-order valence-corrected chi connectivity index (χ3v) is 3.21. The minimum Gasteiger partial charge on any atom is -0.398 e. The number of hydrogen-bond acceptors (Lipinski definition) is 3. The highest BCUT2D eigenvalue weighted by Gasteiger charge is 2.04. The van der Waals surface area contributed by atoms with Gasteiger partial charge in [0.25, 0.3) is 0 Å². The molecule has 0 fully saturated rings. The third kappa shape index (κ3) is 2.40. The van der Waals surface area contributed by atoms with Gasteiger partial charge in [0.2, 0.25) is 0 Å². The van der Waals surface area contributed by atoms with Crippen molar-refractivity contribution in [1.29, 1.82) is 0 Å². The lowest BCUT2D eigenvalue weighted by atomic mass is 10.1. The second-order valence-electron chi connectivity index (χ2n) is 4.58. The molecule has 0 aliphatic heterocycles. The van der Waals surface area contributed by atoms with Crippen molar-refractivity contribution >= 4 is 22.3 Å². The maximum absolute atomic E-state index is 12.9. The first-order valence-electron chi connectivity index (χ1n) is 6.35. The van der Waals surface area contributed by atoms with Crippen molar-refractivity contribution in [3.05, 3.63) is 66.1 Å². The number of benzene rings is 2. The summed E-state index contributed by atoms with van der Waals surface area (Å²) in [5.41, 5.74) is 7.68. The van der Waals surface area contributed by atoms with Crippen LogP contribution in [0.25, 0.3) is 10.8 Å². The number of anilines is 2. The summed E-state index contributed by atoms with van der Waals surface area (Å²) in [6, 6.07) is 14.1. The normalized spacial score (nSPS) is 10.7. The van der Waals surface area contributed by atoms with Crippen LogP contribution < -0.4 is 11.1 Å². The van der Waals surface area contributed by atoms with Gasteiger partial charge in [-0.2, -0.15) is 0 Å². The molecular formula is C16H14FN3. The number of nitrogens with one attached hydrogen (secondary N) is 1. The predicted octanol–water partition coefficient (Wildman–Crippen LogP) is 3.57. The number of halogens is 1. The molecule has 0 aliphatic rings. The van der Waals surface area contributed by atoms with Crippen LogP contribution in [-0.2, 0) is 6.54 Å². The zero-order valence-electron chi connectivity index (χ0n) is 10.8. The van der Waals surface area contributed by atoms with Crippen LogP contribution >= 0.6 is 0 Å². The third-order valence-electron chi connectivity index (χ3n) is 3.21. The molecule has 0 bridgehead atoms. The summed E-state index contributed by atoms with van der Waals surface area (Å²) in [5, 5.41) is 5.22. The summed E-state index contributed by atoms with van der Waals surface area (Å²) < 4.78 is 12.9. The van der Waals surface area contributed by atoms with Gasteiger partial charge in [-0.1, -0.05) is 24.3 Å². The van der Waals surface area contributed by atoms with Gasteiger partial charge >= 0.3 is 0 Å². The number of aromatic nitrogens is 1. The monoisotopic (exact) mass is 267 g/mol. The summed E-state index contributed by atoms with van der Waals surface area (Å²) in [4.78, 5) is 4.34. The number of hydrogen-bond donors (Lipinski definition) is 2. The van der Waals surface area contributed by atoms with E-state index < -0.39 is 0 Å². The first kappa shape index (κ1) is 12.4. The molecule has 0 amide bonds. The van der Waals surface area contributed by atoms with Gasteiger partial charge in [-0.05, 0) is 29.8 Å². The highest BCUT2D eigenvalue weighted by Crippen LogP contribution is 2.25. The molecule has 0 aliphatic carbocycles. The van der Waals surface area contributed by atoms with Gasteiger partial charge in [-0.25, -0.2) is 9.37 Å². The maximum Gasteiger partial charge on any atom is 0.134 e. The minimum atomic E-state index is -0.232. The Labute approximate surface area is 116 Å². The summed E-state index contributed by atoms with van der Waals surface area (Å²) in [6.07, 6.45) is 1.73. The molecule has 2 aromatic carbocycles. The summed E-state index contributed by atoms with van der Waals surface area (Å²) in [6.45, 7) is 0.585. The van der Waals surface area contributed by atoms with Gasteiger partial charge < -0.3 is 11.1 Å². The smallest absolute Gasteiger partial charge is 0.134 e. The standard InChI is InChI=1S/C16H14FN3/c17-12-6-4-11(5-7-12)10-20-16-14-2-1-3-15(18)13(14)8-9-19-16/h1-9H,10,18H2,(H,19,20). The molecule has 1 aromatic heterocycles. The van der Waals surface area contributed by atoms with E-state index in [1.807, 2.05) is 24.3 Å². The molecule has 3 nitrogen and oxygen atoms in total. The van der Waals surface area contributed by atoms with Crippen molar-refractivity contribution in [3.8, 4) is 0 Å². The predicted molar refractivity (Wildman–Crippen MR) is 79.9 cm³/mol. The van der Waals surface area contributed by atoms with E-state index in [-0.39, 0.29) is 5.82 Å². The van der Waals surface area contributed by atoms with Crippen LogP contribution in [0.15, 0.2) is 54.7 Å². The second-order valence-corrected chi connectivity index (χ2v) is 4.58. The van der Waals surface area contributed by atoms with Crippen molar-refractivity contribution < 1.29 is 4.39 Å². The Hall–Kier alpha value is -2.62. The molecule has 0 saturated carbocycles. The van der Waals surface area contributed by atoms with E-state index in [1.165, 1.54) is 12.1 Å². The van der Waals surface area contributed by atoms with Crippen molar-refractivity contribution in [3.63, 3.8) is 0 Å². The van der Waals surface area contributed by atoms with Gasteiger partial charge in [0.1, 0.15) is 11.6 Å². The SMILES string of the molecule is Nc1cccc2c(NCc3ccc(F)cc3)nccc12. The van der Waals surface area contributed by atoms with E-state index in [1.54, 1.807) is 18.3 Å². The van der Waals surface area contributed by atoms with E-state index in [4.69, 9.17) is 5.73 Å². The molecule has 0 spiro atoms. The van der Waals surface area contributed by atoms with Crippen LogP contribution in [0.1, 0.15) is 5.56 Å². The Morgan fingerprint density at radius 1 is 1.00 bits per heavy atom. The molecule has 100 valence electrons. The highest BCUT2D eigenvalue weighted by atomic mass is 19.1. The number of nitrogen functional groups attached to an aromatic ring is 1. The second kappa shape index (κ2) is 5.17. The van der Waals surface area contributed by atoms with Crippen molar-refractivity contribution in [2.75, 3.05) is 11.1 Å². The molecule has 3 N–H and O–H groups in total. The average molecular weight is 267 g/mol. The van der Waals surface area contributed by atoms with Crippen LogP contribution in [0.4, 0.5) is 15.9 Å². The Kier molecular flexibility index (Phi) is 3.21. The summed E-state index contributed by atoms with van der Waals surface area (Å²) >= 11 is 0. The average Bonchev–Trinajstić information content (AvgIpc) is 2.47. The number of fused-ring (bicyclic) bond motifs is 1. The van der Waals surface area contributed by atoms with E-state index in [0.717, 1.165) is 27.8 Å². The first-order valence-corrected chi connectivity index (χ1v) is 6.35. The van der Waals surface area contributed by atoms with Crippen LogP contribution in [-0.4, -0.2) is 4.98 Å². The fourth-order valence-corrected chi connectivity index (χ4v) is 2.16. The molecule has 0 saturated heterocycles. The molecular weight excluding hydrogens is 253 g/mol. The van der Waals surface area contributed by atoms with E-state index in [2.05, 4.69) is 10.3 Å². The zero-order valence-corrected chi connectivity index (χ0v) is 10.8. The molecule has 3 aromatic rings. The number of pyridine rings is 1. The van der Waals surface area contributed by atoms with Gasteiger partial charge in [0.15, 0.2) is 0 Å². The molecule has 1 heterocycles. The molecule has 4 heteroatoms.